The Balaban J connectivity index is 1.92. The van der Waals surface area contributed by atoms with Crippen LogP contribution < -0.4 is 5.32 Å². The standard InChI is InChI=1S/C8H16N6/c1-13(2)8(4-5-8)6-9-7-10-11-12-14(7)3/h4-6H2,1-3H3,(H,9,10,12). The quantitative estimate of drug-likeness (QED) is 0.717. The molecule has 1 fully saturated rings. The van der Waals surface area contributed by atoms with Gasteiger partial charge in [-0.3, -0.25) is 0 Å². The first kappa shape index (κ1) is 9.39. The average molecular weight is 196 g/mol. The number of hydrogen-bond donors (Lipinski definition) is 1. The minimum atomic E-state index is 0.325. The highest BCUT2D eigenvalue weighted by molar-refractivity contribution is 5.24. The van der Waals surface area contributed by atoms with Gasteiger partial charge in [-0.05, 0) is 37.4 Å². The van der Waals surface area contributed by atoms with Crippen molar-refractivity contribution in [3.8, 4) is 0 Å². The fourth-order valence-corrected chi connectivity index (χ4v) is 1.55. The van der Waals surface area contributed by atoms with Gasteiger partial charge in [0.05, 0.1) is 0 Å². The monoisotopic (exact) mass is 196 g/mol. The van der Waals surface area contributed by atoms with E-state index in [1.54, 1.807) is 4.68 Å². The van der Waals surface area contributed by atoms with Crippen LogP contribution in [0.3, 0.4) is 0 Å². The maximum atomic E-state index is 3.88. The highest BCUT2D eigenvalue weighted by atomic mass is 15.6. The molecule has 0 spiro atoms. The summed E-state index contributed by atoms with van der Waals surface area (Å²) in [5, 5.41) is 14.5. The number of nitrogens with zero attached hydrogens (tertiary/aromatic N) is 5. The smallest absolute Gasteiger partial charge is 0.242 e. The van der Waals surface area contributed by atoms with Crippen molar-refractivity contribution in [3.05, 3.63) is 0 Å². The number of nitrogens with one attached hydrogen (secondary N) is 1. The van der Waals surface area contributed by atoms with E-state index < -0.39 is 0 Å². The lowest BCUT2D eigenvalue weighted by Crippen LogP contribution is -2.37. The summed E-state index contributed by atoms with van der Waals surface area (Å²) in [6.45, 7) is 0.911. The third kappa shape index (κ3) is 1.57. The molecule has 0 amide bonds. The minimum absolute atomic E-state index is 0.325. The number of anilines is 1. The van der Waals surface area contributed by atoms with E-state index in [9.17, 15) is 0 Å². The molecule has 1 heterocycles. The van der Waals surface area contributed by atoms with E-state index in [1.807, 2.05) is 7.05 Å². The zero-order valence-electron chi connectivity index (χ0n) is 8.86. The van der Waals surface area contributed by atoms with E-state index in [-0.39, 0.29) is 0 Å². The van der Waals surface area contributed by atoms with Crippen LogP contribution in [0.15, 0.2) is 0 Å². The Bertz CT molecular complexity index is 313. The summed E-state index contributed by atoms with van der Waals surface area (Å²) in [6, 6.07) is 0. The number of likely N-dealkylation sites (N-methyl/N-ethyl adjacent to an activating group) is 1. The molecule has 0 unspecified atom stereocenters. The normalized spacial score (nSPS) is 18.6. The van der Waals surface area contributed by atoms with E-state index in [0.29, 0.717) is 5.54 Å². The summed E-state index contributed by atoms with van der Waals surface area (Å²) in [5.74, 6) is 0.734. The lowest BCUT2D eigenvalue weighted by molar-refractivity contribution is 0.284. The zero-order valence-corrected chi connectivity index (χ0v) is 8.86. The summed E-state index contributed by atoms with van der Waals surface area (Å²) in [7, 11) is 6.06. The molecule has 1 aliphatic carbocycles. The van der Waals surface area contributed by atoms with Crippen LogP contribution >= 0.6 is 0 Å². The van der Waals surface area contributed by atoms with E-state index >= 15 is 0 Å². The first-order valence-electron chi connectivity index (χ1n) is 4.78. The Hall–Kier alpha value is -1.17. The Kier molecular flexibility index (Phi) is 2.14. The van der Waals surface area contributed by atoms with Crippen LogP contribution in [0.4, 0.5) is 5.95 Å². The highest BCUT2D eigenvalue weighted by Gasteiger charge is 2.44. The van der Waals surface area contributed by atoms with Crippen molar-refractivity contribution in [2.75, 3.05) is 26.0 Å². The second kappa shape index (κ2) is 3.20. The van der Waals surface area contributed by atoms with E-state index in [2.05, 4.69) is 39.8 Å². The molecule has 0 atom stereocenters. The maximum absolute atomic E-state index is 3.88. The molecule has 1 aromatic rings. The van der Waals surface area contributed by atoms with E-state index in [0.717, 1.165) is 12.5 Å². The van der Waals surface area contributed by atoms with Gasteiger partial charge in [-0.25, -0.2) is 4.68 Å². The molecule has 0 aromatic carbocycles. The van der Waals surface area contributed by atoms with Crippen molar-refractivity contribution >= 4 is 5.95 Å². The van der Waals surface area contributed by atoms with Crippen LogP contribution in [0, 0.1) is 0 Å². The van der Waals surface area contributed by atoms with Crippen molar-refractivity contribution < 1.29 is 0 Å². The molecular weight excluding hydrogens is 180 g/mol. The summed E-state index contributed by atoms with van der Waals surface area (Å²) in [6.07, 6.45) is 2.50. The van der Waals surface area contributed by atoms with Gasteiger partial charge in [0.15, 0.2) is 0 Å². The van der Waals surface area contributed by atoms with Crippen LogP contribution in [0.5, 0.6) is 0 Å². The van der Waals surface area contributed by atoms with Crippen molar-refractivity contribution in [1.29, 1.82) is 0 Å². The molecule has 6 heteroatoms. The Morgan fingerprint density at radius 3 is 2.64 bits per heavy atom. The average Bonchev–Trinajstić information content (AvgIpc) is 2.83. The number of rotatable bonds is 4. The minimum Gasteiger partial charge on any atom is -0.351 e. The maximum Gasteiger partial charge on any atom is 0.242 e. The third-order valence-corrected chi connectivity index (χ3v) is 2.97. The van der Waals surface area contributed by atoms with Crippen molar-refractivity contribution in [1.82, 2.24) is 25.1 Å². The van der Waals surface area contributed by atoms with Crippen LogP contribution in [-0.2, 0) is 7.05 Å². The van der Waals surface area contributed by atoms with Crippen LogP contribution in [-0.4, -0.2) is 51.3 Å². The molecule has 0 aliphatic heterocycles. The van der Waals surface area contributed by atoms with Gasteiger partial charge in [-0.1, -0.05) is 5.10 Å². The van der Waals surface area contributed by atoms with Gasteiger partial charge in [0, 0.05) is 19.1 Å². The summed E-state index contributed by atoms with van der Waals surface area (Å²) < 4.78 is 1.64. The summed E-state index contributed by atoms with van der Waals surface area (Å²) in [5.41, 5.74) is 0.325. The number of tetrazole rings is 1. The molecule has 0 radical (unpaired) electrons. The van der Waals surface area contributed by atoms with Gasteiger partial charge in [-0.15, -0.1) is 0 Å². The molecule has 1 aromatic heterocycles. The van der Waals surface area contributed by atoms with E-state index in [4.69, 9.17) is 0 Å². The topological polar surface area (TPSA) is 58.9 Å². The predicted octanol–water partition coefficient (Wildman–Crippen LogP) is -0.284. The second-order valence-corrected chi connectivity index (χ2v) is 4.10. The van der Waals surface area contributed by atoms with Gasteiger partial charge in [0.2, 0.25) is 5.95 Å². The Labute approximate surface area is 83.3 Å². The van der Waals surface area contributed by atoms with Crippen LogP contribution in [0.2, 0.25) is 0 Å². The van der Waals surface area contributed by atoms with Crippen LogP contribution in [0.1, 0.15) is 12.8 Å². The molecule has 1 saturated carbocycles. The third-order valence-electron chi connectivity index (χ3n) is 2.97. The second-order valence-electron chi connectivity index (χ2n) is 4.10. The molecule has 6 nitrogen and oxygen atoms in total. The molecule has 78 valence electrons. The lowest BCUT2D eigenvalue weighted by Gasteiger charge is -2.23. The zero-order chi connectivity index (χ0) is 10.2. The molecule has 1 aliphatic rings. The van der Waals surface area contributed by atoms with Gasteiger partial charge in [0.25, 0.3) is 0 Å². The molecular formula is C8H16N6. The van der Waals surface area contributed by atoms with Gasteiger partial charge in [0.1, 0.15) is 0 Å². The summed E-state index contributed by atoms with van der Waals surface area (Å²) >= 11 is 0. The van der Waals surface area contributed by atoms with Crippen LogP contribution in [0.25, 0.3) is 0 Å². The molecule has 2 rings (SSSR count). The number of hydrogen-bond acceptors (Lipinski definition) is 5. The Morgan fingerprint density at radius 1 is 1.50 bits per heavy atom. The first-order chi connectivity index (χ1) is 6.64. The van der Waals surface area contributed by atoms with Crippen molar-refractivity contribution in [3.63, 3.8) is 0 Å². The largest absolute Gasteiger partial charge is 0.351 e. The van der Waals surface area contributed by atoms with Gasteiger partial charge in [-0.2, -0.15) is 0 Å². The molecule has 1 N–H and O–H groups in total. The fourth-order valence-electron chi connectivity index (χ4n) is 1.55. The SMILES string of the molecule is CN(C)C1(CNc2nnnn2C)CC1. The van der Waals surface area contributed by atoms with E-state index in [1.165, 1.54) is 12.8 Å². The number of aryl methyl sites for hydroxylation is 1. The summed E-state index contributed by atoms with van der Waals surface area (Å²) in [4.78, 5) is 2.27. The Morgan fingerprint density at radius 2 is 2.21 bits per heavy atom. The molecule has 0 saturated heterocycles. The fraction of sp³-hybridized carbons (Fsp3) is 0.875. The van der Waals surface area contributed by atoms with Crippen molar-refractivity contribution in [2.24, 2.45) is 7.05 Å². The lowest BCUT2D eigenvalue weighted by atomic mass is 10.2. The highest BCUT2D eigenvalue weighted by Crippen LogP contribution is 2.39. The molecule has 14 heavy (non-hydrogen) atoms. The van der Waals surface area contributed by atoms with Gasteiger partial charge < -0.3 is 10.2 Å². The number of aromatic nitrogens is 4. The first-order valence-corrected chi connectivity index (χ1v) is 4.78. The van der Waals surface area contributed by atoms with Gasteiger partial charge >= 0.3 is 0 Å². The molecule has 0 bridgehead atoms. The predicted molar refractivity (Wildman–Crippen MR) is 52.9 cm³/mol. The van der Waals surface area contributed by atoms with Crippen molar-refractivity contribution in [2.45, 2.75) is 18.4 Å².